The summed E-state index contributed by atoms with van der Waals surface area (Å²) in [6.45, 7) is 6.83. The third kappa shape index (κ3) is 4.98. The van der Waals surface area contributed by atoms with Gasteiger partial charge >= 0.3 is 0 Å². The van der Waals surface area contributed by atoms with Gasteiger partial charge < -0.3 is 9.84 Å². The molecule has 1 N–H and O–H groups in total. The minimum absolute atomic E-state index is 0.0597. The van der Waals surface area contributed by atoms with Crippen molar-refractivity contribution in [2.45, 2.75) is 58.3 Å². The molecule has 31 heavy (non-hydrogen) atoms. The van der Waals surface area contributed by atoms with Crippen molar-refractivity contribution in [2.75, 3.05) is 6.54 Å². The summed E-state index contributed by atoms with van der Waals surface area (Å²) >= 11 is 0. The zero-order valence-electron chi connectivity index (χ0n) is 18.3. The number of aryl methyl sites for hydroxylation is 1. The van der Waals surface area contributed by atoms with Crippen molar-refractivity contribution in [1.82, 2.24) is 25.4 Å². The summed E-state index contributed by atoms with van der Waals surface area (Å²) in [5.41, 5.74) is 3.46. The summed E-state index contributed by atoms with van der Waals surface area (Å²) in [7, 11) is 0. The number of carbonyl (C=O) groups excluding carboxylic acids is 1. The van der Waals surface area contributed by atoms with E-state index in [0.717, 1.165) is 54.2 Å². The number of amides is 1. The van der Waals surface area contributed by atoms with Gasteiger partial charge in [0.1, 0.15) is 5.82 Å². The summed E-state index contributed by atoms with van der Waals surface area (Å²) in [5, 5.41) is 7.10. The number of pyridine rings is 1. The van der Waals surface area contributed by atoms with Crippen LogP contribution in [0, 0.1) is 12.8 Å². The second kappa shape index (κ2) is 9.37. The molecule has 0 aliphatic heterocycles. The number of nitrogens with zero attached hydrogens (tertiary/aromatic N) is 4. The van der Waals surface area contributed by atoms with Crippen LogP contribution in [0.5, 0.6) is 0 Å². The molecule has 0 saturated heterocycles. The molecule has 3 aromatic rings. The Morgan fingerprint density at radius 3 is 2.68 bits per heavy atom. The van der Waals surface area contributed by atoms with Gasteiger partial charge in [0.15, 0.2) is 5.76 Å². The second-order valence-corrected chi connectivity index (χ2v) is 8.68. The zero-order valence-corrected chi connectivity index (χ0v) is 18.3. The van der Waals surface area contributed by atoms with Gasteiger partial charge in [0.05, 0.1) is 22.5 Å². The van der Waals surface area contributed by atoms with Gasteiger partial charge in [0.2, 0.25) is 0 Å². The average molecular weight is 420 g/mol. The minimum Gasteiger partial charge on any atom is -0.356 e. The number of carbonyl (C=O) groups is 1. The highest BCUT2D eigenvalue weighted by molar-refractivity contribution is 5.93. The van der Waals surface area contributed by atoms with Crippen LogP contribution in [0.25, 0.3) is 11.3 Å². The van der Waals surface area contributed by atoms with E-state index in [-0.39, 0.29) is 11.8 Å². The van der Waals surface area contributed by atoms with Crippen LogP contribution < -0.4 is 5.32 Å². The first-order chi connectivity index (χ1) is 15.0. The van der Waals surface area contributed by atoms with Gasteiger partial charge in [-0.3, -0.25) is 9.78 Å². The molecule has 3 aromatic heterocycles. The van der Waals surface area contributed by atoms with E-state index in [2.05, 4.69) is 34.3 Å². The first-order valence-electron chi connectivity index (χ1n) is 11.0. The molecule has 0 atom stereocenters. The SMILES string of the molecule is Cc1cc(-c2cnc(C(C)C)nc2C2CCC(CNC(=O)c3cccnc3)CC2)on1. The molecule has 4 rings (SSSR count). The number of nitrogens with one attached hydrogen (secondary N) is 1. The second-order valence-electron chi connectivity index (χ2n) is 8.68. The van der Waals surface area contributed by atoms with E-state index >= 15 is 0 Å². The summed E-state index contributed by atoms with van der Waals surface area (Å²) in [6, 6.07) is 5.51. The Balaban J connectivity index is 1.43. The normalized spacial score (nSPS) is 18.8. The Morgan fingerprint density at radius 2 is 2.03 bits per heavy atom. The molecular weight excluding hydrogens is 390 g/mol. The predicted octanol–water partition coefficient (Wildman–Crippen LogP) is 4.66. The third-order valence-corrected chi connectivity index (χ3v) is 5.96. The fourth-order valence-electron chi connectivity index (χ4n) is 4.16. The molecule has 7 nitrogen and oxygen atoms in total. The molecule has 1 amide bonds. The van der Waals surface area contributed by atoms with E-state index in [9.17, 15) is 4.79 Å². The van der Waals surface area contributed by atoms with Crippen molar-refractivity contribution in [3.63, 3.8) is 0 Å². The Bertz CT molecular complexity index is 1020. The quantitative estimate of drug-likeness (QED) is 0.624. The van der Waals surface area contributed by atoms with Crippen LogP contribution in [0.4, 0.5) is 0 Å². The fraction of sp³-hybridized carbons (Fsp3) is 0.458. The molecule has 1 aliphatic carbocycles. The highest BCUT2D eigenvalue weighted by Crippen LogP contribution is 2.39. The molecule has 1 fully saturated rings. The monoisotopic (exact) mass is 419 g/mol. The molecule has 0 unspecified atom stereocenters. The van der Waals surface area contributed by atoms with Crippen molar-refractivity contribution >= 4 is 5.91 Å². The van der Waals surface area contributed by atoms with Crippen molar-refractivity contribution in [2.24, 2.45) is 5.92 Å². The molecule has 0 bridgehead atoms. The van der Waals surface area contributed by atoms with E-state index in [1.165, 1.54) is 0 Å². The van der Waals surface area contributed by atoms with Gasteiger partial charge in [-0.15, -0.1) is 0 Å². The number of rotatable bonds is 6. The van der Waals surface area contributed by atoms with E-state index in [4.69, 9.17) is 9.51 Å². The van der Waals surface area contributed by atoms with Crippen LogP contribution in [-0.4, -0.2) is 32.6 Å². The predicted molar refractivity (Wildman–Crippen MR) is 118 cm³/mol. The van der Waals surface area contributed by atoms with Crippen LogP contribution >= 0.6 is 0 Å². The number of hydrogen-bond acceptors (Lipinski definition) is 6. The standard InChI is InChI=1S/C24H29N5O2/c1-15(2)23-26-14-20(21-11-16(3)29-31-21)22(28-23)18-8-6-17(7-9-18)12-27-24(30)19-5-4-10-25-13-19/h4-5,10-11,13-15,17-18H,6-9,12H2,1-3H3,(H,27,30). The first kappa shape index (κ1) is 21.2. The van der Waals surface area contributed by atoms with Crippen LogP contribution in [0.2, 0.25) is 0 Å². The zero-order chi connectivity index (χ0) is 21.8. The molecule has 1 aliphatic rings. The summed E-state index contributed by atoms with van der Waals surface area (Å²) < 4.78 is 5.53. The van der Waals surface area contributed by atoms with Gasteiger partial charge in [0, 0.05) is 43.0 Å². The fourth-order valence-corrected chi connectivity index (χ4v) is 4.16. The van der Waals surface area contributed by atoms with Crippen LogP contribution in [0.1, 0.15) is 78.9 Å². The maximum atomic E-state index is 12.3. The molecule has 0 radical (unpaired) electrons. The summed E-state index contributed by atoms with van der Waals surface area (Å²) in [4.78, 5) is 25.8. The van der Waals surface area contributed by atoms with Gasteiger partial charge in [-0.1, -0.05) is 19.0 Å². The minimum atomic E-state index is -0.0597. The molecule has 7 heteroatoms. The van der Waals surface area contributed by atoms with Crippen LogP contribution in [-0.2, 0) is 0 Å². The van der Waals surface area contributed by atoms with E-state index < -0.39 is 0 Å². The van der Waals surface area contributed by atoms with Gasteiger partial charge in [-0.05, 0) is 50.7 Å². The highest BCUT2D eigenvalue weighted by atomic mass is 16.5. The van der Waals surface area contributed by atoms with Crippen molar-refractivity contribution in [1.29, 1.82) is 0 Å². The lowest BCUT2D eigenvalue weighted by Gasteiger charge is -2.29. The Hall–Kier alpha value is -3.09. The average Bonchev–Trinajstić information content (AvgIpc) is 3.24. The lowest BCUT2D eigenvalue weighted by atomic mass is 9.79. The largest absolute Gasteiger partial charge is 0.356 e. The number of aromatic nitrogens is 4. The maximum Gasteiger partial charge on any atom is 0.252 e. The van der Waals surface area contributed by atoms with Gasteiger partial charge in [-0.25, -0.2) is 9.97 Å². The smallest absolute Gasteiger partial charge is 0.252 e. The van der Waals surface area contributed by atoms with Crippen molar-refractivity contribution in [3.05, 3.63) is 59.6 Å². The lowest BCUT2D eigenvalue weighted by molar-refractivity contribution is 0.0942. The Morgan fingerprint density at radius 1 is 1.23 bits per heavy atom. The Labute approximate surface area is 182 Å². The molecule has 0 aromatic carbocycles. The highest BCUT2D eigenvalue weighted by Gasteiger charge is 2.27. The van der Waals surface area contributed by atoms with Crippen molar-refractivity contribution in [3.8, 4) is 11.3 Å². The number of hydrogen-bond donors (Lipinski definition) is 1. The third-order valence-electron chi connectivity index (χ3n) is 5.96. The summed E-state index contributed by atoms with van der Waals surface area (Å²) in [5.74, 6) is 2.62. The molecular formula is C24H29N5O2. The molecule has 0 spiro atoms. The van der Waals surface area contributed by atoms with E-state index in [0.29, 0.717) is 23.9 Å². The molecule has 162 valence electrons. The van der Waals surface area contributed by atoms with E-state index in [1.807, 2.05) is 19.2 Å². The molecule has 3 heterocycles. The van der Waals surface area contributed by atoms with Gasteiger partial charge in [-0.2, -0.15) is 0 Å². The van der Waals surface area contributed by atoms with Crippen LogP contribution in [0.3, 0.4) is 0 Å². The molecule has 1 saturated carbocycles. The van der Waals surface area contributed by atoms with Gasteiger partial charge in [0.25, 0.3) is 5.91 Å². The van der Waals surface area contributed by atoms with Crippen molar-refractivity contribution < 1.29 is 9.32 Å². The lowest BCUT2D eigenvalue weighted by Crippen LogP contribution is -2.31. The summed E-state index contributed by atoms with van der Waals surface area (Å²) in [6.07, 6.45) is 9.31. The topological polar surface area (TPSA) is 93.8 Å². The Kier molecular flexibility index (Phi) is 6.39. The first-order valence-corrected chi connectivity index (χ1v) is 11.0. The maximum absolute atomic E-state index is 12.3. The van der Waals surface area contributed by atoms with E-state index in [1.54, 1.807) is 24.5 Å². The van der Waals surface area contributed by atoms with Crippen LogP contribution in [0.15, 0.2) is 41.3 Å².